The lowest BCUT2D eigenvalue weighted by atomic mass is 10.1. The Morgan fingerprint density at radius 3 is 1.40 bits per heavy atom. The Bertz CT molecular complexity index is 1650. The molecular formula is C36H52N6O10. The van der Waals surface area contributed by atoms with Crippen molar-refractivity contribution in [2.75, 3.05) is 31.9 Å². The number of nitrogens with two attached hydrogens (primary N) is 3. The van der Waals surface area contributed by atoms with E-state index in [2.05, 4.69) is 0 Å². The van der Waals surface area contributed by atoms with Gasteiger partial charge in [0.05, 0.1) is 16.1 Å². The van der Waals surface area contributed by atoms with Crippen LogP contribution in [0.2, 0.25) is 0 Å². The molecule has 2 saturated heterocycles. The van der Waals surface area contributed by atoms with Gasteiger partial charge in [-0.3, -0.25) is 19.7 Å². The zero-order chi connectivity index (χ0) is 39.1. The number of benzene rings is 2. The molecule has 16 nitrogen and oxygen atoms in total. The van der Waals surface area contributed by atoms with Gasteiger partial charge < -0.3 is 45.9 Å². The predicted octanol–water partition coefficient (Wildman–Crippen LogP) is 5.23. The van der Waals surface area contributed by atoms with Gasteiger partial charge in [0.2, 0.25) is 0 Å². The number of primary amides is 2. The number of non-ortho nitro benzene ring substituents is 1. The highest BCUT2D eigenvalue weighted by atomic mass is 16.6. The lowest BCUT2D eigenvalue weighted by Gasteiger charge is -2.34. The van der Waals surface area contributed by atoms with Gasteiger partial charge in [-0.15, -0.1) is 0 Å². The first-order valence-corrected chi connectivity index (χ1v) is 17.1. The number of piperidine rings is 2. The average molecular weight is 729 g/mol. The SMILES string of the molecule is Cc1cc(N)cc(C(N)=O)c1OC1CCN(C(=O)OC(C)(C)C)CC1.Cc1cc([N+](=O)[O-])cc(C(N)=O)c1OC1CCN(C(=O)OC(C)(C)C)CC1. The van der Waals surface area contributed by atoms with Crippen LogP contribution in [0.15, 0.2) is 24.3 Å². The van der Waals surface area contributed by atoms with Crippen LogP contribution in [0.1, 0.15) is 99.1 Å². The fraction of sp³-hybridized carbons (Fsp3) is 0.556. The van der Waals surface area contributed by atoms with Crippen LogP contribution < -0.4 is 26.7 Å². The molecule has 2 heterocycles. The number of nitro benzene ring substituents is 1. The maximum Gasteiger partial charge on any atom is 0.410 e. The van der Waals surface area contributed by atoms with Crippen LogP contribution in [-0.4, -0.2) is 88.3 Å². The van der Waals surface area contributed by atoms with Gasteiger partial charge in [0.15, 0.2) is 0 Å². The highest BCUT2D eigenvalue weighted by Crippen LogP contribution is 2.32. The molecule has 6 N–H and O–H groups in total. The van der Waals surface area contributed by atoms with Crippen molar-refractivity contribution >= 4 is 35.4 Å². The maximum atomic E-state index is 12.1. The maximum absolute atomic E-state index is 12.1. The van der Waals surface area contributed by atoms with E-state index >= 15 is 0 Å². The number of amides is 4. The van der Waals surface area contributed by atoms with E-state index in [0.717, 1.165) is 11.6 Å². The minimum Gasteiger partial charge on any atom is -0.489 e. The van der Waals surface area contributed by atoms with Gasteiger partial charge in [-0.25, -0.2) is 9.59 Å². The summed E-state index contributed by atoms with van der Waals surface area (Å²) in [7, 11) is 0. The summed E-state index contributed by atoms with van der Waals surface area (Å²) in [6, 6.07) is 5.75. The molecule has 0 bridgehead atoms. The van der Waals surface area contributed by atoms with Gasteiger partial charge in [-0.2, -0.15) is 0 Å². The van der Waals surface area contributed by atoms with E-state index in [0.29, 0.717) is 68.9 Å². The molecule has 2 aromatic rings. The summed E-state index contributed by atoms with van der Waals surface area (Å²) in [5.74, 6) is -0.638. The van der Waals surface area contributed by atoms with Crippen LogP contribution in [0.4, 0.5) is 21.0 Å². The molecule has 2 aliphatic rings. The monoisotopic (exact) mass is 728 g/mol. The van der Waals surface area contributed by atoms with Crippen molar-refractivity contribution in [1.82, 2.24) is 9.80 Å². The molecule has 0 saturated carbocycles. The molecule has 2 aliphatic heterocycles. The predicted molar refractivity (Wildman–Crippen MR) is 193 cm³/mol. The third-order valence-corrected chi connectivity index (χ3v) is 8.05. The van der Waals surface area contributed by atoms with Crippen LogP contribution in [0.5, 0.6) is 11.5 Å². The summed E-state index contributed by atoms with van der Waals surface area (Å²) >= 11 is 0. The Kier molecular flexibility index (Phi) is 13.3. The van der Waals surface area contributed by atoms with Crippen molar-refractivity contribution in [3.63, 3.8) is 0 Å². The van der Waals surface area contributed by atoms with E-state index in [1.54, 1.807) is 22.8 Å². The quantitative estimate of drug-likeness (QED) is 0.190. The number of carbonyl (C=O) groups excluding carboxylic acids is 4. The first kappa shape index (κ1) is 41.1. The highest BCUT2D eigenvalue weighted by Gasteiger charge is 2.31. The summed E-state index contributed by atoms with van der Waals surface area (Å²) in [6.45, 7) is 16.4. The number of hydrogen-bond acceptors (Lipinski definition) is 11. The van der Waals surface area contributed by atoms with E-state index in [1.807, 2.05) is 48.5 Å². The van der Waals surface area contributed by atoms with Gasteiger partial charge in [0.25, 0.3) is 17.5 Å². The summed E-state index contributed by atoms with van der Waals surface area (Å²) in [6.07, 6.45) is 1.39. The molecule has 16 heteroatoms. The van der Waals surface area contributed by atoms with E-state index in [1.165, 1.54) is 12.1 Å². The lowest BCUT2D eigenvalue weighted by Crippen LogP contribution is -2.44. The lowest BCUT2D eigenvalue weighted by molar-refractivity contribution is -0.385. The van der Waals surface area contributed by atoms with Crippen molar-refractivity contribution in [3.05, 3.63) is 56.6 Å². The summed E-state index contributed by atoms with van der Waals surface area (Å²) < 4.78 is 22.7. The molecule has 0 atom stereocenters. The number of nitro groups is 1. The molecule has 52 heavy (non-hydrogen) atoms. The Hall–Kier alpha value is -5.28. The molecule has 4 rings (SSSR count). The average Bonchev–Trinajstić information content (AvgIpc) is 3.02. The number of ether oxygens (including phenoxy) is 4. The summed E-state index contributed by atoms with van der Waals surface area (Å²) in [5, 5.41) is 11.0. The molecule has 4 amide bonds. The van der Waals surface area contributed by atoms with Crippen LogP contribution in [0, 0.1) is 24.0 Å². The van der Waals surface area contributed by atoms with Crippen molar-refractivity contribution < 1.29 is 43.0 Å². The van der Waals surface area contributed by atoms with Crippen LogP contribution >= 0.6 is 0 Å². The highest BCUT2D eigenvalue weighted by molar-refractivity contribution is 5.97. The van der Waals surface area contributed by atoms with E-state index in [4.69, 9.17) is 36.1 Å². The number of hydrogen-bond donors (Lipinski definition) is 3. The Labute approximate surface area is 304 Å². The molecule has 2 aromatic carbocycles. The van der Waals surface area contributed by atoms with Gasteiger partial charge in [0, 0.05) is 69.7 Å². The van der Waals surface area contributed by atoms with E-state index in [-0.39, 0.29) is 47.0 Å². The second kappa shape index (κ2) is 16.8. The number of carbonyl (C=O) groups is 4. The van der Waals surface area contributed by atoms with Crippen molar-refractivity contribution in [3.8, 4) is 11.5 Å². The third kappa shape index (κ3) is 11.9. The normalized spacial score (nSPS) is 15.5. The minimum atomic E-state index is -0.789. The molecule has 0 radical (unpaired) electrons. The third-order valence-electron chi connectivity index (χ3n) is 8.05. The van der Waals surface area contributed by atoms with Crippen LogP contribution in [0.25, 0.3) is 0 Å². The Balaban J connectivity index is 0.000000281. The van der Waals surface area contributed by atoms with Gasteiger partial charge >= 0.3 is 12.2 Å². The topological polar surface area (TPSA) is 233 Å². The van der Waals surface area contributed by atoms with Gasteiger partial charge in [-0.05, 0) is 78.6 Å². The van der Waals surface area contributed by atoms with Crippen molar-refractivity contribution in [2.24, 2.45) is 11.5 Å². The number of anilines is 1. The number of nitrogen functional groups attached to an aromatic ring is 1. The first-order chi connectivity index (χ1) is 24.0. The molecule has 0 spiro atoms. The number of rotatable bonds is 7. The molecule has 286 valence electrons. The molecule has 0 aliphatic carbocycles. The molecule has 2 fully saturated rings. The smallest absolute Gasteiger partial charge is 0.410 e. The number of nitrogens with zero attached hydrogens (tertiary/aromatic N) is 3. The zero-order valence-electron chi connectivity index (χ0n) is 31.3. The van der Waals surface area contributed by atoms with Gasteiger partial charge in [0.1, 0.15) is 34.9 Å². The van der Waals surface area contributed by atoms with E-state index in [9.17, 15) is 29.3 Å². The fourth-order valence-electron chi connectivity index (χ4n) is 5.64. The standard InChI is InChI=1S/C18H25N3O6.C18H27N3O4/c1-11-9-12(21(24)25)10-14(16(19)22)15(11)26-13-5-7-20(8-6-13)17(23)27-18(2,3)4;1-11-9-12(19)10-14(16(20)22)15(11)24-13-5-7-21(8-6-13)17(23)25-18(2,3)4/h9-10,13H,5-8H2,1-4H3,(H2,19,22);9-10,13H,5-8,19H2,1-4H3,(H2,20,22). The second-order valence-corrected chi connectivity index (χ2v) is 14.9. The molecular weight excluding hydrogens is 676 g/mol. The number of aryl methyl sites for hydroxylation is 2. The molecule has 0 aromatic heterocycles. The van der Waals surface area contributed by atoms with Crippen molar-refractivity contribution in [2.45, 2.75) is 104 Å². The zero-order valence-corrected chi connectivity index (χ0v) is 31.3. The minimum absolute atomic E-state index is 0.0173. The summed E-state index contributed by atoms with van der Waals surface area (Å²) in [4.78, 5) is 61.3. The fourth-order valence-corrected chi connectivity index (χ4v) is 5.64. The largest absolute Gasteiger partial charge is 0.489 e. The van der Waals surface area contributed by atoms with E-state index < -0.39 is 27.9 Å². The number of likely N-dealkylation sites (tertiary alicyclic amines) is 2. The summed E-state index contributed by atoms with van der Waals surface area (Å²) in [5.41, 5.74) is 17.3. The molecule has 0 unspecified atom stereocenters. The first-order valence-electron chi connectivity index (χ1n) is 17.1. The van der Waals surface area contributed by atoms with Crippen LogP contribution in [-0.2, 0) is 9.47 Å². The van der Waals surface area contributed by atoms with Crippen molar-refractivity contribution in [1.29, 1.82) is 0 Å². The Morgan fingerprint density at radius 1 is 0.692 bits per heavy atom. The second-order valence-electron chi connectivity index (χ2n) is 14.9. The van der Waals surface area contributed by atoms with Crippen LogP contribution in [0.3, 0.4) is 0 Å². The van der Waals surface area contributed by atoms with Gasteiger partial charge in [-0.1, -0.05) is 0 Å². The Morgan fingerprint density at radius 2 is 1.06 bits per heavy atom.